The third-order valence-corrected chi connectivity index (χ3v) is 3.50. The normalized spacial score (nSPS) is 10.7. The molecule has 1 heterocycles. The second kappa shape index (κ2) is 6.26. The highest BCUT2D eigenvalue weighted by Gasteiger charge is 2.10. The van der Waals surface area contributed by atoms with Crippen molar-refractivity contribution in [2.24, 2.45) is 0 Å². The predicted octanol–water partition coefficient (Wildman–Crippen LogP) is 3.71. The Morgan fingerprint density at radius 3 is 2.68 bits per heavy atom. The number of hydrogen-bond donors (Lipinski definition) is 1. The largest absolute Gasteiger partial charge is 0.464 e. The predicted molar refractivity (Wildman–Crippen MR) is 82.5 cm³/mol. The Balaban J connectivity index is 2.20. The summed E-state index contributed by atoms with van der Waals surface area (Å²) in [5.74, 6) is 1.94. The molecular weight excluding hydrogens is 304 g/mol. The third kappa shape index (κ3) is 3.61. The van der Waals surface area contributed by atoms with Gasteiger partial charge in [0.2, 0.25) is 0 Å². The molecule has 0 fully saturated rings. The van der Waals surface area contributed by atoms with Crippen molar-refractivity contribution in [2.45, 2.75) is 20.0 Å². The van der Waals surface area contributed by atoms with Gasteiger partial charge in [0.1, 0.15) is 11.5 Å². The molecule has 1 N–H and O–H groups in total. The van der Waals surface area contributed by atoms with Crippen LogP contribution in [0.25, 0.3) is 0 Å². The van der Waals surface area contributed by atoms with Crippen LogP contribution in [-0.2, 0) is 13.1 Å². The fourth-order valence-electron chi connectivity index (χ4n) is 2.15. The first-order chi connectivity index (χ1) is 9.10. The number of halogens is 1. The monoisotopic (exact) mass is 322 g/mol. The van der Waals surface area contributed by atoms with E-state index in [1.165, 1.54) is 11.3 Å². The Bertz CT molecular complexity index is 551. The minimum atomic E-state index is 0.770. The van der Waals surface area contributed by atoms with Crippen LogP contribution in [0.15, 0.2) is 39.2 Å². The summed E-state index contributed by atoms with van der Waals surface area (Å²) in [6.07, 6.45) is 0. The smallest absolute Gasteiger partial charge is 0.123 e. The molecule has 0 spiro atoms. The number of rotatable bonds is 5. The summed E-state index contributed by atoms with van der Waals surface area (Å²) < 4.78 is 6.73. The van der Waals surface area contributed by atoms with Gasteiger partial charge in [-0.05, 0) is 49.9 Å². The van der Waals surface area contributed by atoms with Crippen LogP contribution in [-0.4, -0.2) is 14.1 Å². The molecular formula is C15H19BrN2O. The Morgan fingerprint density at radius 2 is 2.05 bits per heavy atom. The molecule has 0 atom stereocenters. The van der Waals surface area contributed by atoms with Gasteiger partial charge in [0.25, 0.3) is 0 Å². The van der Waals surface area contributed by atoms with E-state index in [-0.39, 0.29) is 0 Å². The lowest BCUT2D eigenvalue weighted by molar-refractivity contribution is 0.481. The fraction of sp³-hybridized carbons (Fsp3) is 0.333. The van der Waals surface area contributed by atoms with Gasteiger partial charge >= 0.3 is 0 Å². The van der Waals surface area contributed by atoms with Gasteiger partial charge in [-0.15, -0.1) is 0 Å². The average molecular weight is 323 g/mol. The van der Waals surface area contributed by atoms with Gasteiger partial charge in [-0.1, -0.05) is 15.9 Å². The van der Waals surface area contributed by atoms with Crippen LogP contribution < -0.4 is 10.2 Å². The molecule has 3 nitrogen and oxygen atoms in total. The van der Waals surface area contributed by atoms with Crippen molar-refractivity contribution in [3.05, 3.63) is 51.9 Å². The van der Waals surface area contributed by atoms with Crippen LogP contribution in [0.2, 0.25) is 0 Å². The molecule has 4 heteroatoms. The molecule has 2 aromatic rings. The molecule has 0 radical (unpaired) electrons. The molecule has 0 aliphatic rings. The van der Waals surface area contributed by atoms with E-state index in [0.717, 1.165) is 29.1 Å². The van der Waals surface area contributed by atoms with Gasteiger partial charge in [-0.2, -0.15) is 0 Å². The van der Waals surface area contributed by atoms with Crippen LogP contribution in [0, 0.1) is 6.92 Å². The van der Waals surface area contributed by atoms with Crippen molar-refractivity contribution in [1.82, 2.24) is 5.32 Å². The Kier molecular flexibility index (Phi) is 4.66. The zero-order valence-corrected chi connectivity index (χ0v) is 13.1. The Labute approximate surface area is 122 Å². The zero-order chi connectivity index (χ0) is 13.8. The van der Waals surface area contributed by atoms with Crippen LogP contribution >= 0.6 is 15.9 Å². The molecule has 1 aromatic carbocycles. The van der Waals surface area contributed by atoms with E-state index in [1.54, 1.807) is 0 Å². The van der Waals surface area contributed by atoms with Gasteiger partial charge in [-0.25, -0.2) is 0 Å². The number of furan rings is 1. The molecule has 2 rings (SSSR count). The standard InChI is InChI=1S/C15H19BrN2O/c1-11-4-6-14(19-11)10-18(3)15-7-5-13(16)8-12(15)9-17-2/h4-8,17H,9-10H2,1-3H3. The zero-order valence-electron chi connectivity index (χ0n) is 11.5. The van der Waals surface area contributed by atoms with Crippen LogP contribution in [0.4, 0.5) is 5.69 Å². The minimum Gasteiger partial charge on any atom is -0.464 e. The number of nitrogens with one attached hydrogen (secondary N) is 1. The first-order valence-electron chi connectivity index (χ1n) is 6.29. The van der Waals surface area contributed by atoms with Gasteiger partial charge in [-0.3, -0.25) is 0 Å². The molecule has 0 saturated heterocycles. The van der Waals surface area contributed by atoms with E-state index in [2.05, 4.69) is 51.4 Å². The number of anilines is 1. The summed E-state index contributed by atoms with van der Waals surface area (Å²) in [5.41, 5.74) is 2.48. The molecule has 0 amide bonds. The summed E-state index contributed by atoms with van der Waals surface area (Å²) >= 11 is 3.52. The highest BCUT2D eigenvalue weighted by atomic mass is 79.9. The molecule has 0 unspecified atom stereocenters. The minimum absolute atomic E-state index is 0.770. The molecule has 19 heavy (non-hydrogen) atoms. The molecule has 0 saturated carbocycles. The summed E-state index contributed by atoms with van der Waals surface area (Å²) in [7, 11) is 4.04. The van der Waals surface area contributed by atoms with E-state index in [0.29, 0.717) is 0 Å². The van der Waals surface area contributed by atoms with E-state index in [9.17, 15) is 0 Å². The number of hydrogen-bond acceptors (Lipinski definition) is 3. The van der Waals surface area contributed by atoms with Crippen molar-refractivity contribution in [3.8, 4) is 0 Å². The second-order valence-electron chi connectivity index (χ2n) is 4.67. The first-order valence-corrected chi connectivity index (χ1v) is 7.09. The lowest BCUT2D eigenvalue weighted by Gasteiger charge is -2.21. The van der Waals surface area contributed by atoms with Crippen molar-refractivity contribution in [3.63, 3.8) is 0 Å². The van der Waals surface area contributed by atoms with Crippen molar-refractivity contribution in [1.29, 1.82) is 0 Å². The van der Waals surface area contributed by atoms with Crippen LogP contribution in [0.3, 0.4) is 0 Å². The van der Waals surface area contributed by atoms with E-state index in [1.807, 2.05) is 26.1 Å². The number of aryl methyl sites for hydroxylation is 1. The quantitative estimate of drug-likeness (QED) is 0.909. The fourth-order valence-corrected chi connectivity index (χ4v) is 2.56. The van der Waals surface area contributed by atoms with Gasteiger partial charge in [0, 0.05) is 23.8 Å². The van der Waals surface area contributed by atoms with Crippen molar-refractivity contribution >= 4 is 21.6 Å². The van der Waals surface area contributed by atoms with Crippen molar-refractivity contribution < 1.29 is 4.42 Å². The Morgan fingerprint density at radius 1 is 1.26 bits per heavy atom. The SMILES string of the molecule is CNCc1cc(Br)ccc1N(C)Cc1ccc(C)o1. The lowest BCUT2D eigenvalue weighted by Crippen LogP contribution is -2.19. The maximum absolute atomic E-state index is 5.63. The molecule has 0 aliphatic heterocycles. The van der Waals surface area contributed by atoms with Crippen molar-refractivity contribution in [2.75, 3.05) is 19.0 Å². The van der Waals surface area contributed by atoms with Gasteiger partial charge in [0.15, 0.2) is 0 Å². The van der Waals surface area contributed by atoms with E-state index < -0.39 is 0 Å². The van der Waals surface area contributed by atoms with E-state index >= 15 is 0 Å². The summed E-state index contributed by atoms with van der Waals surface area (Å²) in [6.45, 7) is 3.58. The lowest BCUT2D eigenvalue weighted by atomic mass is 10.1. The van der Waals surface area contributed by atoms with Gasteiger partial charge < -0.3 is 14.6 Å². The molecule has 0 aliphatic carbocycles. The van der Waals surface area contributed by atoms with Crippen LogP contribution in [0.1, 0.15) is 17.1 Å². The summed E-state index contributed by atoms with van der Waals surface area (Å²) in [5, 5.41) is 3.20. The topological polar surface area (TPSA) is 28.4 Å². The summed E-state index contributed by atoms with van der Waals surface area (Å²) in [4.78, 5) is 2.21. The molecule has 0 bridgehead atoms. The van der Waals surface area contributed by atoms with E-state index in [4.69, 9.17) is 4.42 Å². The maximum Gasteiger partial charge on any atom is 0.123 e. The van der Waals surface area contributed by atoms with Gasteiger partial charge in [0.05, 0.1) is 6.54 Å². The number of nitrogens with zero attached hydrogens (tertiary/aromatic N) is 1. The van der Waals surface area contributed by atoms with Crippen LogP contribution in [0.5, 0.6) is 0 Å². The highest BCUT2D eigenvalue weighted by molar-refractivity contribution is 9.10. The average Bonchev–Trinajstić information content (AvgIpc) is 2.75. The first kappa shape index (κ1) is 14.2. The third-order valence-electron chi connectivity index (χ3n) is 3.01. The number of benzene rings is 1. The molecule has 102 valence electrons. The Hall–Kier alpha value is -1.26. The molecule has 1 aromatic heterocycles. The summed E-state index contributed by atoms with van der Waals surface area (Å²) in [6, 6.07) is 10.4. The highest BCUT2D eigenvalue weighted by Crippen LogP contribution is 2.25. The second-order valence-corrected chi connectivity index (χ2v) is 5.59. The maximum atomic E-state index is 5.63.